The fourth-order valence-electron chi connectivity index (χ4n) is 2.21. The van der Waals surface area contributed by atoms with Gasteiger partial charge < -0.3 is 20.5 Å². The maximum absolute atomic E-state index is 11.8. The number of ether oxygens (including phenoxy) is 1. The van der Waals surface area contributed by atoms with Gasteiger partial charge in [0.15, 0.2) is 0 Å². The highest BCUT2D eigenvalue weighted by Gasteiger charge is 2.38. The van der Waals surface area contributed by atoms with E-state index in [0.29, 0.717) is 13.2 Å². The van der Waals surface area contributed by atoms with Gasteiger partial charge in [0.25, 0.3) is 0 Å². The summed E-state index contributed by atoms with van der Waals surface area (Å²) in [4.78, 5) is 22.9. The molecule has 1 atom stereocenters. The standard InChI is InChI=1S/C12H20N2O4/c1-12(4-6-18-7-5-12)14-11(17)13-9(10(15)16)8-2-3-8/h8-9H,2-7H2,1H3,(H,15,16)(H2,13,14,17). The molecule has 0 bridgehead atoms. The van der Waals surface area contributed by atoms with Gasteiger partial charge in [-0.25, -0.2) is 9.59 Å². The van der Waals surface area contributed by atoms with E-state index in [1.807, 2.05) is 6.92 Å². The van der Waals surface area contributed by atoms with Crippen molar-refractivity contribution in [1.29, 1.82) is 0 Å². The molecule has 1 aliphatic carbocycles. The Hall–Kier alpha value is -1.30. The van der Waals surface area contributed by atoms with Crippen LogP contribution < -0.4 is 10.6 Å². The minimum atomic E-state index is -0.954. The molecule has 1 aliphatic heterocycles. The zero-order valence-electron chi connectivity index (χ0n) is 10.6. The highest BCUT2D eigenvalue weighted by molar-refractivity contribution is 5.83. The molecule has 2 amide bonds. The second-order valence-corrected chi connectivity index (χ2v) is 5.42. The molecule has 1 saturated heterocycles. The van der Waals surface area contributed by atoms with Gasteiger partial charge in [-0.1, -0.05) is 0 Å². The van der Waals surface area contributed by atoms with Crippen molar-refractivity contribution < 1.29 is 19.4 Å². The van der Waals surface area contributed by atoms with Gasteiger partial charge >= 0.3 is 12.0 Å². The third kappa shape index (κ3) is 3.35. The van der Waals surface area contributed by atoms with Crippen LogP contribution in [0.15, 0.2) is 0 Å². The molecule has 1 heterocycles. The Labute approximate surface area is 106 Å². The Balaban J connectivity index is 1.85. The minimum Gasteiger partial charge on any atom is -0.480 e. The number of carboxylic acids is 1. The van der Waals surface area contributed by atoms with Crippen LogP contribution in [0.2, 0.25) is 0 Å². The van der Waals surface area contributed by atoms with Gasteiger partial charge in [-0.2, -0.15) is 0 Å². The van der Waals surface area contributed by atoms with E-state index in [0.717, 1.165) is 25.7 Å². The normalized spacial score (nSPS) is 24.1. The van der Waals surface area contributed by atoms with Crippen molar-refractivity contribution in [2.24, 2.45) is 5.92 Å². The third-order valence-corrected chi connectivity index (χ3v) is 3.66. The van der Waals surface area contributed by atoms with E-state index in [-0.39, 0.29) is 11.5 Å². The molecule has 2 rings (SSSR count). The number of aliphatic carboxylic acids is 1. The van der Waals surface area contributed by atoms with Crippen molar-refractivity contribution in [1.82, 2.24) is 10.6 Å². The number of hydrogen-bond acceptors (Lipinski definition) is 3. The summed E-state index contributed by atoms with van der Waals surface area (Å²) in [7, 11) is 0. The molecule has 18 heavy (non-hydrogen) atoms. The lowest BCUT2D eigenvalue weighted by molar-refractivity contribution is -0.139. The number of nitrogens with one attached hydrogen (secondary N) is 2. The van der Waals surface area contributed by atoms with Crippen molar-refractivity contribution >= 4 is 12.0 Å². The average molecular weight is 256 g/mol. The maximum Gasteiger partial charge on any atom is 0.326 e. The molecule has 0 aromatic rings. The Bertz CT molecular complexity index is 335. The van der Waals surface area contributed by atoms with Gasteiger partial charge in [0, 0.05) is 18.8 Å². The lowest BCUT2D eigenvalue weighted by Gasteiger charge is -2.34. The van der Waals surface area contributed by atoms with Crippen LogP contribution in [0.5, 0.6) is 0 Å². The summed E-state index contributed by atoms with van der Waals surface area (Å²) >= 11 is 0. The number of carbonyl (C=O) groups is 2. The summed E-state index contributed by atoms with van der Waals surface area (Å²) in [6.07, 6.45) is 3.26. The molecule has 3 N–H and O–H groups in total. The van der Waals surface area contributed by atoms with Crippen molar-refractivity contribution in [2.75, 3.05) is 13.2 Å². The Morgan fingerprint density at radius 2 is 1.94 bits per heavy atom. The van der Waals surface area contributed by atoms with Gasteiger partial charge in [-0.15, -0.1) is 0 Å². The molecule has 1 saturated carbocycles. The summed E-state index contributed by atoms with van der Waals surface area (Å²) in [6, 6.07) is -1.15. The number of amides is 2. The first-order chi connectivity index (χ1) is 8.50. The van der Waals surface area contributed by atoms with Crippen LogP contribution in [-0.2, 0) is 9.53 Å². The number of urea groups is 1. The molecule has 0 aromatic carbocycles. The quantitative estimate of drug-likeness (QED) is 0.691. The van der Waals surface area contributed by atoms with Crippen LogP contribution in [0, 0.1) is 5.92 Å². The van der Waals surface area contributed by atoms with Crippen LogP contribution in [0.3, 0.4) is 0 Å². The van der Waals surface area contributed by atoms with Gasteiger partial charge in [0.2, 0.25) is 0 Å². The number of carbonyl (C=O) groups excluding carboxylic acids is 1. The molecule has 0 radical (unpaired) electrons. The van der Waals surface area contributed by atoms with Gasteiger partial charge in [-0.3, -0.25) is 0 Å². The Morgan fingerprint density at radius 3 is 2.44 bits per heavy atom. The zero-order chi connectivity index (χ0) is 13.2. The first kappa shape index (κ1) is 13.1. The zero-order valence-corrected chi connectivity index (χ0v) is 10.6. The SMILES string of the molecule is CC1(NC(=O)NC(C(=O)O)C2CC2)CCOCC1. The highest BCUT2D eigenvalue weighted by atomic mass is 16.5. The topological polar surface area (TPSA) is 87.7 Å². The van der Waals surface area contributed by atoms with E-state index in [1.165, 1.54) is 0 Å². The minimum absolute atomic E-state index is 0.0933. The van der Waals surface area contributed by atoms with Crippen molar-refractivity contribution in [3.63, 3.8) is 0 Å². The first-order valence-electron chi connectivity index (χ1n) is 6.39. The predicted molar refractivity (Wildman–Crippen MR) is 64.3 cm³/mol. The Kier molecular flexibility index (Phi) is 3.75. The molecule has 6 heteroatoms. The largest absolute Gasteiger partial charge is 0.480 e. The maximum atomic E-state index is 11.8. The molecule has 1 unspecified atom stereocenters. The van der Waals surface area contributed by atoms with E-state index < -0.39 is 18.0 Å². The number of hydrogen-bond donors (Lipinski definition) is 3. The molecule has 0 spiro atoms. The summed E-state index contributed by atoms with van der Waals surface area (Å²) in [5.41, 5.74) is -0.297. The smallest absolute Gasteiger partial charge is 0.326 e. The van der Waals surface area contributed by atoms with Gasteiger partial charge in [-0.05, 0) is 38.5 Å². The molecule has 2 fully saturated rings. The summed E-state index contributed by atoms with van der Waals surface area (Å²) in [6.45, 7) is 3.21. The first-order valence-corrected chi connectivity index (χ1v) is 6.39. The van der Waals surface area contributed by atoms with Crippen molar-refractivity contribution in [3.8, 4) is 0 Å². The van der Waals surface area contributed by atoms with Crippen molar-refractivity contribution in [3.05, 3.63) is 0 Å². The van der Waals surface area contributed by atoms with Gasteiger partial charge in [0.05, 0.1) is 0 Å². The number of carboxylic acid groups (broad SMARTS) is 1. The van der Waals surface area contributed by atoms with Crippen molar-refractivity contribution in [2.45, 2.75) is 44.2 Å². The van der Waals surface area contributed by atoms with Crippen LogP contribution in [0.25, 0.3) is 0 Å². The van der Waals surface area contributed by atoms with E-state index in [1.54, 1.807) is 0 Å². The summed E-state index contributed by atoms with van der Waals surface area (Å²) < 4.78 is 5.25. The van der Waals surface area contributed by atoms with Crippen LogP contribution in [0.4, 0.5) is 4.79 Å². The monoisotopic (exact) mass is 256 g/mol. The fraction of sp³-hybridized carbons (Fsp3) is 0.833. The fourth-order valence-corrected chi connectivity index (χ4v) is 2.21. The summed E-state index contributed by atoms with van der Waals surface area (Å²) in [5, 5.41) is 14.5. The molecular weight excluding hydrogens is 236 g/mol. The highest BCUT2D eigenvalue weighted by Crippen LogP contribution is 2.32. The van der Waals surface area contributed by atoms with Crippen LogP contribution in [0.1, 0.15) is 32.6 Å². The van der Waals surface area contributed by atoms with E-state index in [2.05, 4.69) is 10.6 Å². The van der Waals surface area contributed by atoms with Gasteiger partial charge in [0.1, 0.15) is 6.04 Å². The lowest BCUT2D eigenvalue weighted by atomic mass is 9.93. The number of rotatable bonds is 4. The molecule has 2 aliphatic rings. The molecule has 6 nitrogen and oxygen atoms in total. The summed E-state index contributed by atoms with van der Waals surface area (Å²) in [5.74, 6) is -0.861. The molecule has 102 valence electrons. The predicted octanol–water partition coefficient (Wildman–Crippen LogP) is 0.718. The molecule has 0 aromatic heterocycles. The second-order valence-electron chi connectivity index (χ2n) is 5.42. The van der Waals surface area contributed by atoms with E-state index in [4.69, 9.17) is 9.84 Å². The van der Waals surface area contributed by atoms with E-state index >= 15 is 0 Å². The van der Waals surface area contributed by atoms with Crippen LogP contribution >= 0.6 is 0 Å². The van der Waals surface area contributed by atoms with E-state index in [9.17, 15) is 9.59 Å². The molecular formula is C12H20N2O4. The van der Waals surface area contributed by atoms with Crippen LogP contribution in [-0.4, -0.2) is 41.9 Å². The third-order valence-electron chi connectivity index (χ3n) is 3.66. The Morgan fingerprint density at radius 1 is 1.33 bits per heavy atom. The second kappa shape index (κ2) is 5.14. The average Bonchev–Trinajstić information content (AvgIpc) is 3.09. The lowest BCUT2D eigenvalue weighted by Crippen LogP contribution is -2.56.